The molecular formula is C30H35N3O4. The molecule has 7 heteroatoms. The van der Waals surface area contributed by atoms with Gasteiger partial charge in [0, 0.05) is 43.7 Å². The summed E-state index contributed by atoms with van der Waals surface area (Å²) in [7, 11) is 0. The lowest BCUT2D eigenvalue weighted by Crippen LogP contribution is -2.48. The molecule has 0 spiro atoms. The highest BCUT2D eigenvalue weighted by atomic mass is 16.5. The molecule has 0 aliphatic carbocycles. The maximum atomic E-state index is 11.5. The third-order valence-corrected chi connectivity index (χ3v) is 7.05. The molecule has 1 aliphatic rings. The van der Waals surface area contributed by atoms with E-state index in [1.165, 1.54) is 16.0 Å². The van der Waals surface area contributed by atoms with Gasteiger partial charge in [0.15, 0.2) is 0 Å². The van der Waals surface area contributed by atoms with Crippen LogP contribution in [0.5, 0.6) is 5.75 Å². The highest BCUT2D eigenvalue weighted by Gasteiger charge is 2.29. The number of carboxylic acid groups (broad SMARTS) is 1. The second kappa shape index (κ2) is 12.9. The number of carbonyl (C=O) groups is 2. The fraction of sp³-hybridized carbons (Fsp3) is 0.333. The third-order valence-electron chi connectivity index (χ3n) is 7.05. The number of likely N-dealkylation sites (tertiary alicyclic amines) is 1. The van der Waals surface area contributed by atoms with Gasteiger partial charge in [0.1, 0.15) is 5.75 Å². The number of ether oxygens (including phenoxy) is 1. The summed E-state index contributed by atoms with van der Waals surface area (Å²) in [6, 6.07) is 28.3. The van der Waals surface area contributed by atoms with Gasteiger partial charge in [0.2, 0.25) is 5.91 Å². The average molecular weight is 502 g/mol. The Balaban J connectivity index is 1.47. The Hall–Kier alpha value is -3.84. The Morgan fingerprint density at radius 1 is 0.946 bits per heavy atom. The van der Waals surface area contributed by atoms with E-state index in [-0.39, 0.29) is 5.92 Å². The molecule has 0 unspecified atom stereocenters. The van der Waals surface area contributed by atoms with Gasteiger partial charge in [-0.25, -0.2) is 4.79 Å². The second-order valence-corrected chi connectivity index (χ2v) is 9.46. The lowest BCUT2D eigenvalue weighted by atomic mass is 9.89. The maximum Gasteiger partial charge on any atom is 0.407 e. The molecule has 0 saturated carbocycles. The smallest absolute Gasteiger partial charge is 0.407 e. The molecule has 1 aliphatic heterocycles. The van der Waals surface area contributed by atoms with Crippen molar-refractivity contribution < 1.29 is 19.4 Å². The van der Waals surface area contributed by atoms with Crippen LogP contribution in [-0.2, 0) is 0 Å². The number of nitrogens with zero attached hydrogens (tertiary/aromatic N) is 2. The normalized spacial score (nSPS) is 14.2. The lowest BCUT2D eigenvalue weighted by Gasteiger charge is -2.39. The van der Waals surface area contributed by atoms with Gasteiger partial charge in [-0.15, -0.1) is 0 Å². The van der Waals surface area contributed by atoms with Crippen LogP contribution in [0, 0.1) is 0 Å². The topological polar surface area (TPSA) is 96.1 Å². The van der Waals surface area contributed by atoms with Crippen LogP contribution in [0.1, 0.15) is 46.7 Å². The minimum atomic E-state index is -0.844. The largest absolute Gasteiger partial charge is 0.494 e. The number of benzene rings is 3. The molecule has 194 valence electrons. The highest BCUT2D eigenvalue weighted by molar-refractivity contribution is 5.93. The average Bonchev–Trinajstić information content (AvgIpc) is 2.94. The minimum absolute atomic E-state index is 0.202. The van der Waals surface area contributed by atoms with Crippen molar-refractivity contribution in [2.75, 3.05) is 32.8 Å². The standard InChI is InChI=1S/C30H35N3O4/c31-29(34)25-13-7-14-27(21-25)37-20-8-17-33(26-15-18-32(19-16-26)30(35)36)22-28(23-9-3-1-4-10-23)24-11-5-2-6-12-24/h1-7,9-14,21,26,28H,8,15-20,22H2,(H2,31,34)(H,35,36). The summed E-state index contributed by atoms with van der Waals surface area (Å²) in [6.45, 7) is 3.27. The van der Waals surface area contributed by atoms with Crippen molar-refractivity contribution in [1.82, 2.24) is 9.80 Å². The van der Waals surface area contributed by atoms with E-state index >= 15 is 0 Å². The Morgan fingerprint density at radius 3 is 2.14 bits per heavy atom. The number of primary amides is 1. The van der Waals surface area contributed by atoms with Crippen LogP contribution in [0.15, 0.2) is 84.9 Å². The zero-order valence-corrected chi connectivity index (χ0v) is 21.0. The number of amides is 2. The number of nitrogens with two attached hydrogens (primary N) is 1. The van der Waals surface area contributed by atoms with Gasteiger partial charge in [-0.05, 0) is 48.6 Å². The first kappa shape index (κ1) is 26.2. The molecule has 4 rings (SSSR count). The van der Waals surface area contributed by atoms with Crippen molar-refractivity contribution in [3.63, 3.8) is 0 Å². The van der Waals surface area contributed by atoms with E-state index in [4.69, 9.17) is 10.5 Å². The van der Waals surface area contributed by atoms with Gasteiger partial charge in [-0.3, -0.25) is 9.69 Å². The fourth-order valence-corrected chi connectivity index (χ4v) is 5.05. The fourth-order valence-electron chi connectivity index (χ4n) is 5.05. The summed E-state index contributed by atoms with van der Waals surface area (Å²) < 4.78 is 5.94. The number of hydrogen-bond acceptors (Lipinski definition) is 4. The molecule has 1 heterocycles. The number of piperidine rings is 1. The van der Waals surface area contributed by atoms with Crippen LogP contribution < -0.4 is 10.5 Å². The van der Waals surface area contributed by atoms with Gasteiger partial charge < -0.3 is 20.5 Å². The molecule has 3 N–H and O–H groups in total. The van der Waals surface area contributed by atoms with Gasteiger partial charge in [-0.1, -0.05) is 66.7 Å². The lowest BCUT2D eigenvalue weighted by molar-refractivity contribution is 0.0899. The number of hydrogen-bond donors (Lipinski definition) is 2. The van der Waals surface area contributed by atoms with E-state index in [0.29, 0.717) is 37.1 Å². The van der Waals surface area contributed by atoms with Gasteiger partial charge >= 0.3 is 6.09 Å². The van der Waals surface area contributed by atoms with Crippen LogP contribution in [0.4, 0.5) is 4.79 Å². The third kappa shape index (κ3) is 7.33. The van der Waals surface area contributed by atoms with Crippen LogP contribution in [0.3, 0.4) is 0 Å². The van der Waals surface area contributed by atoms with Crippen molar-refractivity contribution in [2.45, 2.75) is 31.2 Å². The summed E-state index contributed by atoms with van der Waals surface area (Å²) in [5.41, 5.74) is 8.35. The molecule has 2 amide bonds. The molecule has 1 saturated heterocycles. The molecule has 0 bridgehead atoms. The van der Waals surface area contributed by atoms with Gasteiger partial charge in [-0.2, -0.15) is 0 Å². The predicted octanol–water partition coefficient (Wildman–Crippen LogP) is 4.83. The highest BCUT2D eigenvalue weighted by Crippen LogP contribution is 2.28. The van der Waals surface area contributed by atoms with Crippen LogP contribution in [-0.4, -0.2) is 65.7 Å². The van der Waals surface area contributed by atoms with Crippen LogP contribution >= 0.6 is 0 Å². The van der Waals surface area contributed by atoms with E-state index in [2.05, 4.69) is 53.4 Å². The molecule has 3 aromatic carbocycles. The van der Waals surface area contributed by atoms with Crippen LogP contribution in [0.2, 0.25) is 0 Å². The van der Waals surface area contributed by atoms with E-state index in [1.54, 1.807) is 18.2 Å². The second-order valence-electron chi connectivity index (χ2n) is 9.46. The van der Waals surface area contributed by atoms with Crippen molar-refractivity contribution in [1.29, 1.82) is 0 Å². The molecule has 0 radical (unpaired) electrons. The predicted molar refractivity (Wildman–Crippen MR) is 144 cm³/mol. The van der Waals surface area contributed by atoms with Crippen LogP contribution in [0.25, 0.3) is 0 Å². The summed E-state index contributed by atoms with van der Waals surface area (Å²) in [4.78, 5) is 26.9. The van der Waals surface area contributed by atoms with Crippen molar-refractivity contribution in [2.24, 2.45) is 5.73 Å². The Bertz CT molecular complexity index is 1110. The van der Waals surface area contributed by atoms with Crippen molar-refractivity contribution in [3.8, 4) is 5.75 Å². The molecule has 0 atom stereocenters. The molecule has 7 nitrogen and oxygen atoms in total. The summed E-state index contributed by atoms with van der Waals surface area (Å²) in [6.07, 6.45) is 1.58. The molecule has 3 aromatic rings. The summed E-state index contributed by atoms with van der Waals surface area (Å²) in [5.74, 6) is 0.356. The Morgan fingerprint density at radius 2 is 1.57 bits per heavy atom. The quantitative estimate of drug-likeness (QED) is 0.367. The molecule has 0 aromatic heterocycles. The molecule has 37 heavy (non-hydrogen) atoms. The molecule has 1 fully saturated rings. The SMILES string of the molecule is NC(=O)c1cccc(OCCCN(CC(c2ccccc2)c2ccccc2)C2CCN(C(=O)O)CC2)c1. The zero-order valence-electron chi connectivity index (χ0n) is 21.0. The van der Waals surface area contributed by atoms with E-state index in [1.807, 2.05) is 18.2 Å². The molecular weight excluding hydrogens is 466 g/mol. The van der Waals surface area contributed by atoms with E-state index in [9.17, 15) is 14.7 Å². The monoisotopic (exact) mass is 501 g/mol. The Labute approximate surface area is 218 Å². The first-order valence-corrected chi connectivity index (χ1v) is 12.9. The van der Waals surface area contributed by atoms with Crippen molar-refractivity contribution >= 4 is 12.0 Å². The minimum Gasteiger partial charge on any atom is -0.494 e. The maximum absolute atomic E-state index is 11.5. The van der Waals surface area contributed by atoms with Gasteiger partial charge in [0.25, 0.3) is 0 Å². The van der Waals surface area contributed by atoms with Crippen molar-refractivity contribution in [3.05, 3.63) is 102 Å². The summed E-state index contributed by atoms with van der Waals surface area (Å²) >= 11 is 0. The Kier molecular flexibility index (Phi) is 9.16. The first-order valence-electron chi connectivity index (χ1n) is 12.9. The number of rotatable bonds is 11. The van der Waals surface area contributed by atoms with E-state index in [0.717, 1.165) is 32.4 Å². The number of carbonyl (C=O) groups excluding carboxylic acids is 1. The van der Waals surface area contributed by atoms with E-state index < -0.39 is 12.0 Å². The summed E-state index contributed by atoms with van der Waals surface area (Å²) in [5, 5.41) is 9.41. The zero-order chi connectivity index (χ0) is 26.0. The van der Waals surface area contributed by atoms with Gasteiger partial charge in [0.05, 0.1) is 6.61 Å². The first-order chi connectivity index (χ1) is 18.0.